The zero-order chi connectivity index (χ0) is 9.03. The Labute approximate surface area is 76.7 Å². The number of hydrogen-bond acceptors (Lipinski definition) is 1. The van der Waals surface area contributed by atoms with E-state index in [2.05, 4.69) is 13.8 Å². The van der Waals surface area contributed by atoms with Gasteiger partial charge in [0.1, 0.15) is 0 Å². The highest BCUT2D eigenvalue weighted by molar-refractivity contribution is 4.74. The van der Waals surface area contributed by atoms with Crippen molar-refractivity contribution in [2.24, 2.45) is 17.1 Å². The van der Waals surface area contributed by atoms with Gasteiger partial charge in [-0.25, -0.2) is 0 Å². The lowest BCUT2D eigenvalue weighted by atomic mass is 9.84. The van der Waals surface area contributed by atoms with E-state index >= 15 is 0 Å². The van der Waals surface area contributed by atoms with Crippen LogP contribution in [0, 0.1) is 11.3 Å². The second-order valence-corrected chi connectivity index (χ2v) is 5.06. The molecule has 1 nitrogen and oxygen atoms in total. The van der Waals surface area contributed by atoms with Crippen LogP contribution in [0.5, 0.6) is 0 Å². The fourth-order valence-corrected chi connectivity index (χ4v) is 2.00. The van der Waals surface area contributed by atoms with Crippen LogP contribution in [0.1, 0.15) is 52.4 Å². The largest absolute Gasteiger partial charge is 0.330 e. The molecule has 0 radical (unpaired) electrons. The molecule has 1 heteroatoms. The third-order valence-corrected chi connectivity index (χ3v) is 3.26. The molecule has 0 aliphatic heterocycles. The van der Waals surface area contributed by atoms with Crippen molar-refractivity contribution in [3.8, 4) is 0 Å². The molecule has 1 fully saturated rings. The molecule has 0 saturated heterocycles. The van der Waals surface area contributed by atoms with E-state index in [0.29, 0.717) is 5.41 Å². The normalized spacial score (nSPS) is 20.2. The van der Waals surface area contributed by atoms with Crippen molar-refractivity contribution in [2.75, 3.05) is 6.54 Å². The summed E-state index contributed by atoms with van der Waals surface area (Å²) in [4.78, 5) is 0. The zero-order valence-electron chi connectivity index (χ0n) is 8.60. The molecule has 0 bridgehead atoms. The van der Waals surface area contributed by atoms with Gasteiger partial charge in [0.15, 0.2) is 0 Å². The van der Waals surface area contributed by atoms with Crippen LogP contribution in [0.2, 0.25) is 0 Å². The van der Waals surface area contributed by atoms with Gasteiger partial charge in [-0.1, -0.05) is 39.5 Å². The highest BCUT2D eigenvalue weighted by Crippen LogP contribution is 2.32. The van der Waals surface area contributed by atoms with Gasteiger partial charge >= 0.3 is 0 Å². The summed E-state index contributed by atoms with van der Waals surface area (Å²) in [7, 11) is 0. The number of nitrogens with two attached hydrogens (primary N) is 1. The Morgan fingerprint density at radius 3 is 2.33 bits per heavy atom. The molecule has 2 N–H and O–H groups in total. The van der Waals surface area contributed by atoms with Gasteiger partial charge in [0.05, 0.1) is 0 Å². The van der Waals surface area contributed by atoms with Gasteiger partial charge in [0, 0.05) is 0 Å². The monoisotopic (exact) mass is 169 g/mol. The third kappa shape index (κ3) is 3.14. The molecule has 0 unspecified atom stereocenters. The van der Waals surface area contributed by atoms with Crippen LogP contribution in [0.15, 0.2) is 0 Å². The molecule has 1 aliphatic rings. The minimum atomic E-state index is 0.378. The SMILES string of the molecule is CC(C)(CN)CCC1CCCC1. The van der Waals surface area contributed by atoms with Crippen LogP contribution in [-0.2, 0) is 0 Å². The van der Waals surface area contributed by atoms with Gasteiger partial charge in [0.25, 0.3) is 0 Å². The summed E-state index contributed by atoms with van der Waals surface area (Å²) in [5.74, 6) is 1.02. The van der Waals surface area contributed by atoms with Crippen molar-refractivity contribution in [1.82, 2.24) is 0 Å². The van der Waals surface area contributed by atoms with E-state index in [1.165, 1.54) is 38.5 Å². The Morgan fingerprint density at radius 2 is 1.83 bits per heavy atom. The summed E-state index contributed by atoms with van der Waals surface area (Å²) < 4.78 is 0. The smallest absolute Gasteiger partial charge is 0.00258 e. The first-order valence-corrected chi connectivity index (χ1v) is 5.34. The second-order valence-electron chi connectivity index (χ2n) is 5.06. The highest BCUT2D eigenvalue weighted by atomic mass is 14.6. The van der Waals surface area contributed by atoms with Gasteiger partial charge in [-0.2, -0.15) is 0 Å². The first-order chi connectivity index (χ1) is 5.64. The molecule has 1 saturated carbocycles. The van der Waals surface area contributed by atoms with Crippen molar-refractivity contribution in [2.45, 2.75) is 52.4 Å². The fraction of sp³-hybridized carbons (Fsp3) is 1.00. The number of hydrogen-bond donors (Lipinski definition) is 1. The maximum absolute atomic E-state index is 5.69. The topological polar surface area (TPSA) is 26.0 Å². The minimum absolute atomic E-state index is 0.378. The third-order valence-electron chi connectivity index (χ3n) is 3.26. The molecule has 0 spiro atoms. The van der Waals surface area contributed by atoms with E-state index in [4.69, 9.17) is 5.73 Å². The van der Waals surface area contributed by atoms with Crippen molar-refractivity contribution < 1.29 is 0 Å². The van der Waals surface area contributed by atoms with Crippen molar-refractivity contribution in [3.05, 3.63) is 0 Å². The molecule has 0 aromatic rings. The first-order valence-electron chi connectivity index (χ1n) is 5.34. The quantitative estimate of drug-likeness (QED) is 0.688. The molecule has 0 aromatic carbocycles. The summed E-state index contributed by atoms with van der Waals surface area (Å²) in [5, 5.41) is 0. The van der Waals surface area contributed by atoms with Crippen molar-refractivity contribution in [3.63, 3.8) is 0 Å². The lowest BCUT2D eigenvalue weighted by molar-refractivity contribution is 0.303. The summed E-state index contributed by atoms with van der Waals surface area (Å²) in [6.07, 6.45) is 8.60. The molecule has 0 atom stereocenters. The average molecular weight is 169 g/mol. The van der Waals surface area contributed by atoms with Gasteiger partial charge < -0.3 is 5.73 Å². The molecular weight excluding hydrogens is 146 g/mol. The molecule has 0 heterocycles. The van der Waals surface area contributed by atoms with E-state index < -0.39 is 0 Å². The van der Waals surface area contributed by atoms with E-state index in [1.54, 1.807) is 0 Å². The number of rotatable bonds is 4. The molecule has 72 valence electrons. The predicted molar refractivity (Wildman–Crippen MR) is 54.0 cm³/mol. The molecular formula is C11H23N. The Kier molecular flexibility index (Phi) is 3.57. The minimum Gasteiger partial charge on any atom is -0.330 e. The van der Waals surface area contributed by atoms with Crippen LogP contribution < -0.4 is 5.73 Å². The van der Waals surface area contributed by atoms with Crippen LogP contribution in [0.25, 0.3) is 0 Å². The Balaban J connectivity index is 2.15. The van der Waals surface area contributed by atoms with Gasteiger partial charge in [-0.05, 0) is 30.7 Å². The van der Waals surface area contributed by atoms with Gasteiger partial charge in [-0.3, -0.25) is 0 Å². The van der Waals surface area contributed by atoms with Crippen LogP contribution in [-0.4, -0.2) is 6.54 Å². The highest BCUT2D eigenvalue weighted by Gasteiger charge is 2.20. The van der Waals surface area contributed by atoms with E-state index in [9.17, 15) is 0 Å². The Bertz CT molecular complexity index is 123. The summed E-state index contributed by atoms with van der Waals surface area (Å²) in [6.45, 7) is 5.39. The second kappa shape index (κ2) is 4.27. The van der Waals surface area contributed by atoms with E-state index in [0.717, 1.165) is 12.5 Å². The Hall–Kier alpha value is -0.0400. The maximum Gasteiger partial charge on any atom is -0.00258 e. The summed E-state index contributed by atoms with van der Waals surface area (Å²) in [5.41, 5.74) is 6.07. The van der Waals surface area contributed by atoms with Crippen molar-refractivity contribution in [1.29, 1.82) is 0 Å². The Morgan fingerprint density at radius 1 is 1.25 bits per heavy atom. The van der Waals surface area contributed by atoms with Gasteiger partial charge in [-0.15, -0.1) is 0 Å². The average Bonchev–Trinajstić information content (AvgIpc) is 2.53. The molecule has 0 amide bonds. The zero-order valence-corrected chi connectivity index (χ0v) is 8.60. The fourth-order valence-electron chi connectivity index (χ4n) is 2.00. The maximum atomic E-state index is 5.69. The molecule has 1 aliphatic carbocycles. The van der Waals surface area contributed by atoms with E-state index in [1.807, 2.05) is 0 Å². The van der Waals surface area contributed by atoms with Crippen molar-refractivity contribution >= 4 is 0 Å². The first kappa shape index (κ1) is 10.0. The van der Waals surface area contributed by atoms with Crippen LogP contribution in [0.3, 0.4) is 0 Å². The lowest BCUT2D eigenvalue weighted by Crippen LogP contribution is -2.24. The molecule has 12 heavy (non-hydrogen) atoms. The van der Waals surface area contributed by atoms with Gasteiger partial charge in [0.2, 0.25) is 0 Å². The summed E-state index contributed by atoms with van der Waals surface area (Å²) in [6, 6.07) is 0. The lowest BCUT2D eigenvalue weighted by Gasteiger charge is -2.23. The van der Waals surface area contributed by atoms with E-state index in [-0.39, 0.29) is 0 Å². The molecule has 0 aromatic heterocycles. The van der Waals surface area contributed by atoms with Crippen LogP contribution >= 0.6 is 0 Å². The summed E-state index contributed by atoms with van der Waals surface area (Å²) >= 11 is 0. The van der Waals surface area contributed by atoms with Crippen LogP contribution in [0.4, 0.5) is 0 Å². The molecule has 1 rings (SSSR count). The predicted octanol–water partition coefficient (Wildman–Crippen LogP) is 2.94. The standard InChI is InChI=1S/C11H23N/c1-11(2,9-12)8-7-10-5-3-4-6-10/h10H,3-9,12H2,1-2H3.